The Morgan fingerprint density at radius 1 is 1.53 bits per heavy atom. The molecule has 4 nitrogen and oxygen atoms in total. The van der Waals surface area contributed by atoms with Gasteiger partial charge in [0.25, 0.3) is 0 Å². The van der Waals surface area contributed by atoms with Gasteiger partial charge in [-0.05, 0) is 45.8 Å². The number of aromatic nitrogens is 2. The minimum absolute atomic E-state index is 0.196. The molecule has 0 aliphatic heterocycles. The molecule has 0 bridgehead atoms. The predicted molar refractivity (Wildman–Crippen MR) is 82.2 cm³/mol. The van der Waals surface area contributed by atoms with Crippen LogP contribution in [0.15, 0.2) is 6.20 Å². The van der Waals surface area contributed by atoms with E-state index < -0.39 is 0 Å². The van der Waals surface area contributed by atoms with Crippen LogP contribution in [0.4, 0.5) is 0 Å². The fraction of sp³-hybridized carbons (Fsp3) is 0.714. The van der Waals surface area contributed by atoms with E-state index in [4.69, 9.17) is 12.2 Å². The third-order valence-corrected chi connectivity index (χ3v) is 4.18. The summed E-state index contributed by atoms with van der Waals surface area (Å²) in [6.45, 7) is 7.25. The zero-order valence-corrected chi connectivity index (χ0v) is 12.9. The van der Waals surface area contributed by atoms with Crippen LogP contribution in [0.1, 0.15) is 56.8 Å². The van der Waals surface area contributed by atoms with E-state index >= 15 is 0 Å². The molecule has 0 spiro atoms. The van der Waals surface area contributed by atoms with Crippen LogP contribution in [0, 0.1) is 6.92 Å². The van der Waals surface area contributed by atoms with Crippen molar-refractivity contribution in [3.63, 3.8) is 0 Å². The van der Waals surface area contributed by atoms with E-state index in [1.165, 1.54) is 36.9 Å². The van der Waals surface area contributed by atoms with E-state index in [1.807, 2.05) is 10.9 Å². The number of hydrogen-bond donors (Lipinski definition) is 2. The molecule has 2 N–H and O–H groups in total. The van der Waals surface area contributed by atoms with Crippen LogP contribution < -0.4 is 10.6 Å². The van der Waals surface area contributed by atoms with Crippen molar-refractivity contribution in [2.75, 3.05) is 0 Å². The Balaban J connectivity index is 1.90. The summed E-state index contributed by atoms with van der Waals surface area (Å²) in [5.74, 6) is 0. The zero-order chi connectivity index (χ0) is 13.8. The Bertz CT molecular complexity index is 435. The fourth-order valence-corrected chi connectivity index (χ4v) is 3.12. The van der Waals surface area contributed by atoms with Crippen LogP contribution in [-0.2, 0) is 6.54 Å². The number of thiocarbonyl (C=S) groups is 1. The summed E-state index contributed by atoms with van der Waals surface area (Å²) < 4.78 is 2.01. The van der Waals surface area contributed by atoms with Crippen LogP contribution in [0.3, 0.4) is 0 Å². The van der Waals surface area contributed by atoms with Gasteiger partial charge in [0.15, 0.2) is 5.11 Å². The van der Waals surface area contributed by atoms with Crippen molar-refractivity contribution < 1.29 is 0 Å². The lowest BCUT2D eigenvalue weighted by Crippen LogP contribution is -2.41. The molecule has 106 valence electrons. The van der Waals surface area contributed by atoms with Gasteiger partial charge in [-0.3, -0.25) is 4.68 Å². The molecule has 1 saturated carbocycles. The highest BCUT2D eigenvalue weighted by Gasteiger charge is 2.18. The van der Waals surface area contributed by atoms with Gasteiger partial charge in [0.1, 0.15) is 0 Å². The van der Waals surface area contributed by atoms with E-state index in [0.29, 0.717) is 6.04 Å². The third kappa shape index (κ3) is 3.47. The van der Waals surface area contributed by atoms with Gasteiger partial charge in [-0.1, -0.05) is 12.8 Å². The van der Waals surface area contributed by atoms with Gasteiger partial charge in [0.05, 0.1) is 12.2 Å². The van der Waals surface area contributed by atoms with Gasteiger partial charge >= 0.3 is 0 Å². The molecule has 0 saturated heterocycles. The smallest absolute Gasteiger partial charge is 0.166 e. The molecule has 1 heterocycles. The molecule has 1 unspecified atom stereocenters. The Morgan fingerprint density at radius 2 is 2.21 bits per heavy atom. The van der Waals surface area contributed by atoms with Crippen molar-refractivity contribution in [2.45, 2.75) is 65.1 Å². The first-order chi connectivity index (χ1) is 9.11. The second-order valence-electron chi connectivity index (χ2n) is 5.32. The van der Waals surface area contributed by atoms with Crippen LogP contribution in [-0.4, -0.2) is 20.9 Å². The average molecular weight is 280 g/mol. The summed E-state index contributed by atoms with van der Waals surface area (Å²) in [4.78, 5) is 0. The lowest BCUT2D eigenvalue weighted by atomic mass is 10.1. The second-order valence-corrected chi connectivity index (χ2v) is 5.73. The van der Waals surface area contributed by atoms with Crippen molar-refractivity contribution in [3.05, 3.63) is 17.5 Å². The molecule has 1 aromatic rings. The maximum absolute atomic E-state index is 5.40. The Hall–Kier alpha value is -1.10. The van der Waals surface area contributed by atoms with Crippen molar-refractivity contribution in [3.8, 4) is 0 Å². The fourth-order valence-electron chi connectivity index (χ4n) is 2.78. The highest BCUT2D eigenvalue weighted by Crippen LogP contribution is 2.19. The largest absolute Gasteiger partial charge is 0.360 e. The lowest BCUT2D eigenvalue weighted by molar-refractivity contribution is 0.602. The summed E-state index contributed by atoms with van der Waals surface area (Å²) in [6, 6.07) is 0.758. The number of nitrogens with zero attached hydrogens (tertiary/aromatic N) is 2. The standard InChI is InChI=1S/C14H24N4S/c1-4-18-11(3)13(9-15-18)10(2)16-14(19)17-12-7-5-6-8-12/h9-10,12H,4-8H2,1-3H3,(H2,16,17,19). The molecule has 0 radical (unpaired) electrons. The van der Waals surface area contributed by atoms with E-state index in [9.17, 15) is 0 Å². The maximum Gasteiger partial charge on any atom is 0.166 e. The number of hydrogen-bond acceptors (Lipinski definition) is 2. The number of nitrogens with one attached hydrogen (secondary N) is 2. The Labute approximate surface area is 121 Å². The van der Waals surface area contributed by atoms with E-state index in [0.717, 1.165) is 11.7 Å². The molecule has 0 aromatic carbocycles. The minimum atomic E-state index is 0.196. The topological polar surface area (TPSA) is 41.9 Å². The van der Waals surface area contributed by atoms with Crippen LogP contribution in [0.25, 0.3) is 0 Å². The molecular formula is C14H24N4S. The first kappa shape index (κ1) is 14.3. The summed E-state index contributed by atoms with van der Waals surface area (Å²) in [6.07, 6.45) is 7.05. The summed E-state index contributed by atoms with van der Waals surface area (Å²) >= 11 is 5.40. The predicted octanol–water partition coefficient (Wildman–Crippen LogP) is 2.68. The SMILES string of the molecule is CCn1ncc(C(C)NC(=S)NC2CCCC2)c1C. The quantitative estimate of drug-likeness (QED) is 0.832. The summed E-state index contributed by atoms with van der Waals surface area (Å²) in [7, 11) is 0. The normalized spacial score (nSPS) is 17.4. The van der Waals surface area contributed by atoms with Gasteiger partial charge in [-0.15, -0.1) is 0 Å². The molecule has 1 aliphatic rings. The van der Waals surface area contributed by atoms with Crippen LogP contribution >= 0.6 is 12.2 Å². The summed E-state index contributed by atoms with van der Waals surface area (Å²) in [5.41, 5.74) is 2.43. The molecule has 19 heavy (non-hydrogen) atoms. The third-order valence-electron chi connectivity index (χ3n) is 3.95. The Morgan fingerprint density at radius 3 is 2.79 bits per heavy atom. The van der Waals surface area contributed by atoms with Crippen molar-refractivity contribution in [2.24, 2.45) is 0 Å². The lowest BCUT2D eigenvalue weighted by Gasteiger charge is -2.20. The van der Waals surface area contributed by atoms with E-state index in [-0.39, 0.29) is 6.04 Å². The molecule has 0 amide bonds. The molecule has 1 aromatic heterocycles. The molecule has 1 aliphatic carbocycles. The van der Waals surface area contributed by atoms with Gasteiger partial charge < -0.3 is 10.6 Å². The van der Waals surface area contributed by atoms with Crippen LogP contribution in [0.2, 0.25) is 0 Å². The van der Waals surface area contributed by atoms with Gasteiger partial charge in [0, 0.05) is 23.8 Å². The minimum Gasteiger partial charge on any atom is -0.360 e. The average Bonchev–Trinajstić information content (AvgIpc) is 2.98. The molecule has 2 rings (SSSR count). The number of rotatable bonds is 4. The van der Waals surface area contributed by atoms with Crippen LogP contribution in [0.5, 0.6) is 0 Å². The maximum atomic E-state index is 5.40. The Kier molecular flexibility index (Phi) is 4.80. The first-order valence-electron chi connectivity index (χ1n) is 7.21. The zero-order valence-electron chi connectivity index (χ0n) is 12.1. The highest BCUT2D eigenvalue weighted by atomic mass is 32.1. The van der Waals surface area contributed by atoms with Gasteiger partial charge in [-0.25, -0.2) is 0 Å². The van der Waals surface area contributed by atoms with Gasteiger partial charge in [-0.2, -0.15) is 5.10 Å². The monoisotopic (exact) mass is 280 g/mol. The summed E-state index contributed by atoms with van der Waals surface area (Å²) in [5, 5.41) is 11.9. The van der Waals surface area contributed by atoms with Gasteiger partial charge in [0.2, 0.25) is 0 Å². The van der Waals surface area contributed by atoms with E-state index in [2.05, 4.69) is 36.5 Å². The first-order valence-corrected chi connectivity index (χ1v) is 7.62. The molecule has 5 heteroatoms. The van der Waals surface area contributed by atoms with Crippen molar-refractivity contribution in [1.82, 2.24) is 20.4 Å². The molecule has 1 atom stereocenters. The van der Waals surface area contributed by atoms with Crippen molar-refractivity contribution >= 4 is 17.3 Å². The molecule has 1 fully saturated rings. The van der Waals surface area contributed by atoms with E-state index in [1.54, 1.807) is 0 Å². The molecular weight excluding hydrogens is 256 g/mol. The number of aryl methyl sites for hydroxylation is 1. The highest BCUT2D eigenvalue weighted by molar-refractivity contribution is 7.80. The van der Waals surface area contributed by atoms with Crippen molar-refractivity contribution in [1.29, 1.82) is 0 Å². The second kappa shape index (κ2) is 6.37.